The molecule has 18 heavy (non-hydrogen) atoms. The van der Waals surface area contributed by atoms with Crippen LogP contribution in [0.1, 0.15) is 52.5 Å². The zero-order chi connectivity index (χ0) is 13.6. The van der Waals surface area contributed by atoms with Crippen LogP contribution >= 0.6 is 0 Å². The van der Waals surface area contributed by atoms with Crippen LogP contribution in [-0.4, -0.2) is 12.1 Å². The topological polar surface area (TPSA) is 22.1 Å². The quantitative estimate of drug-likeness (QED) is 0.714. The molecule has 0 aliphatic carbocycles. The average Bonchev–Trinajstić information content (AvgIpc) is 2.35. The second kappa shape index (κ2) is 6.89. The van der Waals surface area contributed by atoms with Crippen molar-refractivity contribution >= 4 is 0 Å². The van der Waals surface area contributed by atoms with Crippen molar-refractivity contribution in [3.8, 4) is 0 Å². The lowest BCUT2D eigenvalue weighted by atomic mass is 9.79. The Bertz CT molecular complexity index is 334. The maximum absolute atomic E-state index is 5.93. The van der Waals surface area contributed by atoms with Crippen LogP contribution in [0.3, 0.4) is 0 Å². The van der Waals surface area contributed by atoms with Crippen LogP contribution in [0.2, 0.25) is 0 Å². The van der Waals surface area contributed by atoms with Gasteiger partial charge in [-0.05, 0) is 30.7 Å². The standard InChI is InChI=1S/C16H27NO/c1-13(2)8-6-10-16(18-5,14(3)4)15-9-7-11-17-12-15/h7,9,11-14H,6,8,10H2,1-5H3. The smallest absolute Gasteiger partial charge is 0.0965 e. The van der Waals surface area contributed by atoms with Gasteiger partial charge in [-0.15, -0.1) is 0 Å². The van der Waals surface area contributed by atoms with Crippen molar-refractivity contribution in [2.45, 2.75) is 52.6 Å². The van der Waals surface area contributed by atoms with E-state index >= 15 is 0 Å². The van der Waals surface area contributed by atoms with E-state index in [0.717, 1.165) is 12.3 Å². The van der Waals surface area contributed by atoms with Crippen LogP contribution in [0.5, 0.6) is 0 Å². The highest BCUT2D eigenvalue weighted by molar-refractivity contribution is 5.19. The molecule has 2 nitrogen and oxygen atoms in total. The number of methoxy groups -OCH3 is 1. The molecule has 0 aliphatic rings. The molecule has 1 rings (SSSR count). The number of pyridine rings is 1. The van der Waals surface area contributed by atoms with Crippen LogP contribution in [0.25, 0.3) is 0 Å². The Morgan fingerprint density at radius 1 is 1.28 bits per heavy atom. The van der Waals surface area contributed by atoms with Crippen molar-refractivity contribution in [2.75, 3.05) is 7.11 Å². The van der Waals surface area contributed by atoms with Crippen molar-refractivity contribution in [1.82, 2.24) is 4.98 Å². The Morgan fingerprint density at radius 2 is 2.00 bits per heavy atom. The molecule has 0 saturated carbocycles. The van der Waals surface area contributed by atoms with Crippen LogP contribution < -0.4 is 0 Å². The van der Waals surface area contributed by atoms with E-state index in [1.54, 1.807) is 0 Å². The molecule has 0 aromatic carbocycles. The summed E-state index contributed by atoms with van der Waals surface area (Å²) in [7, 11) is 1.82. The summed E-state index contributed by atoms with van der Waals surface area (Å²) in [6.07, 6.45) is 7.26. The Balaban J connectivity index is 2.88. The van der Waals surface area contributed by atoms with Gasteiger partial charge in [0.25, 0.3) is 0 Å². The van der Waals surface area contributed by atoms with Crippen molar-refractivity contribution in [3.63, 3.8) is 0 Å². The minimum absolute atomic E-state index is 0.191. The molecule has 0 radical (unpaired) electrons. The molecule has 0 saturated heterocycles. The van der Waals surface area contributed by atoms with Crippen LogP contribution in [0, 0.1) is 11.8 Å². The van der Waals surface area contributed by atoms with Gasteiger partial charge in [0.2, 0.25) is 0 Å². The zero-order valence-corrected chi connectivity index (χ0v) is 12.4. The highest BCUT2D eigenvalue weighted by Gasteiger charge is 2.35. The van der Waals surface area contributed by atoms with Gasteiger partial charge in [-0.1, -0.05) is 40.2 Å². The molecule has 1 aromatic rings. The molecule has 0 N–H and O–H groups in total. The fourth-order valence-corrected chi connectivity index (χ4v) is 2.61. The maximum atomic E-state index is 5.93. The van der Waals surface area contributed by atoms with Crippen LogP contribution in [0.4, 0.5) is 0 Å². The molecule has 0 amide bonds. The third kappa shape index (κ3) is 3.55. The normalized spacial score (nSPS) is 15.1. The Hall–Kier alpha value is -0.890. The summed E-state index contributed by atoms with van der Waals surface area (Å²) in [5, 5.41) is 0. The SMILES string of the molecule is COC(CCCC(C)C)(c1cccnc1)C(C)C. The van der Waals surface area contributed by atoms with Crippen molar-refractivity contribution in [3.05, 3.63) is 30.1 Å². The Kier molecular flexibility index (Phi) is 5.80. The van der Waals surface area contributed by atoms with Crippen LogP contribution in [0.15, 0.2) is 24.5 Å². The summed E-state index contributed by atoms with van der Waals surface area (Å²) >= 11 is 0. The third-order valence-corrected chi connectivity index (χ3v) is 3.78. The van der Waals surface area contributed by atoms with E-state index in [-0.39, 0.29) is 5.60 Å². The van der Waals surface area contributed by atoms with Gasteiger partial charge in [0.15, 0.2) is 0 Å². The first-order chi connectivity index (χ1) is 8.53. The van der Waals surface area contributed by atoms with E-state index in [1.165, 1.54) is 18.4 Å². The molecule has 0 spiro atoms. The first kappa shape index (κ1) is 15.2. The molecule has 102 valence electrons. The lowest BCUT2D eigenvalue weighted by Crippen LogP contribution is -2.34. The number of hydrogen-bond acceptors (Lipinski definition) is 2. The predicted octanol–water partition coefficient (Wildman–Crippen LogP) is 4.41. The Morgan fingerprint density at radius 3 is 2.44 bits per heavy atom. The molecule has 2 heteroatoms. The minimum Gasteiger partial charge on any atom is -0.373 e. The van der Waals surface area contributed by atoms with Crippen LogP contribution in [-0.2, 0) is 10.3 Å². The van der Waals surface area contributed by atoms with Gasteiger partial charge in [-0.2, -0.15) is 0 Å². The van der Waals surface area contributed by atoms with Crippen molar-refractivity contribution in [2.24, 2.45) is 11.8 Å². The highest BCUT2D eigenvalue weighted by Crippen LogP contribution is 2.38. The molecule has 1 aromatic heterocycles. The van der Waals surface area contributed by atoms with Gasteiger partial charge in [0.05, 0.1) is 5.60 Å². The van der Waals surface area contributed by atoms with Gasteiger partial charge in [-0.25, -0.2) is 0 Å². The van der Waals surface area contributed by atoms with E-state index < -0.39 is 0 Å². The van der Waals surface area contributed by atoms with E-state index in [4.69, 9.17) is 4.74 Å². The summed E-state index contributed by atoms with van der Waals surface area (Å²) in [4.78, 5) is 4.24. The fraction of sp³-hybridized carbons (Fsp3) is 0.688. The number of hydrogen-bond donors (Lipinski definition) is 0. The number of aromatic nitrogens is 1. The molecule has 1 atom stereocenters. The predicted molar refractivity (Wildman–Crippen MR) is 76.5 cm³/mol. The first-order valence-electron chi connectivity index (χ1n) is 6.98. The number of rotatable bonds is 7. The summed E-state index contributed by atoms with van der Waals surface area (Å²) < 4.78 is 5.93. The van der Waals surface area contributed by atoms with Gasteiger partial charge in [0.1, 0.15) is 0 Å². The minimum atomic E-state index is -0.191. The largest absolute Gasteiger partial charge is 0.373 e. The molecule has 0 aliphatic heterocycles. The van der Waals surface area contributed by atoms with E-state index in [1.807, 2.05) is 25.6 Å². The summed E-state index contributed by atoms with van der Waals surface area (Å²) in [6.45, 7) is 9.00. The molecular formula is C16H27NO. The lowest BCUT2D eigenvalue weighted by molar-refractivity contribution is -0.0628. The second-order valence-electron chi connectivity index (χ2n) is 5.78. The Labute approximate surface area is 112 Å². The maximum Gasteiger partial charge on any atom is 0.0965 e. The van der Waals surface area contributed by atoms with Gasteiger partial charge in [-0.3, -0.25) is 4.98 Å². The van der Waals surface area contributed by atoms with E-state index in [9.17, 15) is 0 Å². The fourth-order valence-electron chi connectivity index (χ4n) is 2.61. The molecule has 1 unspecified atom stereocenters. The van der Waals surface area contributed by atoms with Gasteiger partial charge in [0, 0.05) is 25.1 Å². The summed E-state index contributed by atoms with van der Waals surface area (Å²) in [5.41, 5.74) is 1.01. The molecule has 0 bridgehead atoms. The van der Waals surface area contributed by atoms with Gasteiger partial charge < -0.3 is 4.74 Å². The molecule has 1 heterocycles. The van der Waals surface area contributed by atoms with Gasteiger partial charge >= 0.3 is 0 Å². The zero-order valence-electron chi connectivity index (χ0n) is 12.4. The average molecular weight is 249 g/mol. The highest BCUT2D eigenvalue weighted by atomic mass is 16.5. The molecule has 0 fully saturated rings. The lowest BCUT2D eigenvalue weighted by Gasteiger charge is -2.37. The van der Waals surface area contributed by atoms with Crippen molar-refractivity contribution in [1.29, 1.82) is 0 Å². The molecular weight excluding hydrogens is 222 g/mol. The number of nitrogens with zero attached hydrogens (tertiary/aromatic N) is 1. The first-order valence-corrected chi connectivity index (χ1v) is 6.98. The second-order valence-corrected chi connectivity index (χ2v) is 5.78. The van der Waals surface area contributed by atoms with E-state index in [2.05, 4.69) is 38.7 Å². The summed E-state index contributed by atoms with van der Waals surface area (Å²) in [6, 6.07) is 4.12. The summed E-state index contributed by atoms with van der Waals surface area (Å²) in [5.74, 6) is 1.19. The van der Waals surface area contributed by atoms with E-state index in [0.29, 0.717) is 5.92 Å². The van der Waals surface area contributed by atoms with Crippen molar-refractivity contribution < 1.29 is 4.74 Å². The monoisotopic (exact) mass is 249 g/mol. The number of ether oxygens (including phenoxy) is 1. The third-order valence-electron chi connectivity index (χ3n) is 3.78.